The molecule has 1 saturated heterocycles. The van der Waals surface area contributed by atoms with Gasteiger partial charge in [0.15, 0.2) is 11.8 Å². The van der Waals surface area contributed by atoms with Crippen LogP contribution in [0.15, 0.2) is 95.1 Å². The Bertz CT molecular complexity index is 1070. The predicted molar refractivity (Wildman–Crippen MR) is 118 cm³/mol. The first-order valence-corrected chi connectivity index (χ1v) is 9.38. The zero-order valence-corrected chi connectivity index (χ0v) is 16.1. The van der Waals surface area contributed by atoms with Gasteiger partial charge in [0.2, 0.25) is 5.90 Å². The number of ether oxygens (including phenoxy) is 1. The van der Waals surface area contributed by atoms with E-state index in [0.29, 0.717) is 16.4 Å². The highest BCUT2D eigenvalue weighted by Gasteiger charge is 2.38. The topological polar surface area (TPSA) is 81.9 Å². The van der Waals surface area contributed by atoms with Crippen LogP contribution in [0.25, 0.3) is 0 Å². The van der Waals surface area contributed by atoms with Crippen LogP contribution in [0.3, 0.4) is 0 Å². The molecule has 0 saturated carbocycles. The Labute approximate surface area is 173 Å². The second-order valence-electron chi connectivity index (χ2n) is 6.26. The van der Waals surface area contributed by atoms with Crippen molar-refractivity contribution in [1.82, 2.24) is 0 Å². The van der Waals surface area contributed by atoms with Crippen LogP contribution in [0.2, 0.25) is 5.02 Å². The number of nitrogens with zero attached hydrogens (tertiary/aromatic N) is 2. The molecule has 29 heavy (non-hydrogen) atoms. The molecule has 0 amide bonds. The summed E-state index contributed by atoms with van der Waals surface area (Å²) in [5, 5.41) is 17.7. The Morgan fingerprint density at radius 1 is 0.759 bits per heavy atom. The Balaban J connectivity index is 1.70. The fourth-order valence-corrected chi connectivity index (χ4v) is 3.09. The molecule has 0 bridgehead atoms. The van der Waals surface area contributed by atoms with E-state index < -0.39 is 6.10 Å². The first kappa shape index (κ1) is 18.7. The third kappa shape index (κ3) is 4.28. The van der Waals surface area contributed by atoms with Crippen molar-refractivity contribution < 1.29 is 4.74 Å². The number of halogens is 1. The van der Waals surface area contributed by atoms with Crippen molar-refractivity contribution >= 4 is 40.3 Å². The highest BCUT2D eigenvalue weighted by atomic mass is 35.5. The summed E-state index contributed by atoms with van der Waals surface area (Å²) in [7, 11) is 0. The van der Waals surface area contributed by atoms with E-state index in [1.54, 1.807) is 6.07 Å². The van der Waals surface area contributed by atoms with Crippen LogP contribution in [0.4, 0.5) is 11.4 Å². The average molecular weight is 404 g/mol. The number of hydrogen-bond donors (Lipinski definition) is 3. The van der Waals surface area contributed by atoms with Gasteiger partial charge in [-0.1, -0.05) is 66.2 Å². The third-order valence-electron chi connectivity index (χ3n) is 4.28. The van der Waals surface area contributed by atoms with Crippen LogP contribution >= 0.6 is 11.6 Å². The first-order valence-electron chi connectivity index (χ1n) is 9.00. The summed E-state index contributed by atoms with van der Waals surface area (Å²) in [4.78, 5) is 0. The molecule has 7 heteroatoms. The van der Waals surface area contributed by atoms with Crippen LogP contribution in [-0.4, -0.2) is 17.3 Å². The molecular formula is C22H18ClN5O. The lowest BCUT2D eigenvalue weighted by Gasteiger charge is -2.12. The SMILES string of the molecule is N=C1OC(c2ccccc2Cl)C(=N/Nc2ccccc2)/C1=N/Nc1ccccc1. The maximum Gasteiger partial charge on any atom is 0.237 e. The van der Waals surface area contributed by atoms with Gasteiger partial charge in [-0.05, 0) is 30.3 Å². The quantitative estimate of drug-likeness (QED) is 0.504. The number of nitrogens with one attached hydrogen (secondary N) is 3. The van der Waals surface area contributed by atoms with E-state index in [9.17, 15) is 0 Å². The van der Waals surface area contributed by atoms with Crippen LogP contribution in [0, 0.1) is 5.41 Å². The average Bonchev–Trinajstić information content (AvgIpc) is 3.07. The zero-order chi connectivity index (χ0) is 20.1. The number of anilines is 2. The molecule has 3 aromatic carbocycles. The summed E-state index contributed by atoms with van der Waals surface area (Å²) in [6.45, 7) is 0. The third-order valence-corrected chi connectivity index (χ3v) is 4.62. The summed E-state index contributed by atoms with van der Waals surface area (Å²) in [5.41, 5.74) is 9.07. The zero-order valence-electron chi connectivity index (χ0n) is 15.3. The highest BCUT2D eigenvalue weighted by molar-refractivity contribution is 6.70. The summed E-state index contributed by atoms with van der Waals surface area (Å²) in [6, 6.07) is 26.4. The molecule has 1 aliphatic heterocycles. The fraction of sp³-hybridized carbons (Fsp3) is 0.0455. The van der Waals surface area contributed by atoms with Crippen molar-refractivity contribution in [2.75, 3.05) is 10.9 Å². The van der Waals surface area contributed by atoms with Crippen molar-refractivity contribution in [3.05, 3.63) is 95.5 Å². The second kappa shape index (κ2) is 8.58. The normalized spacial score (nSPS) is 18.7. The molecule has 1 heterocycles. The molecule has 1 unspecified atom stereocenters. The maximum absolute atomic E-state index is 8.29. The van der Waals surface area contributed by atoms with Gasteiger partial charge in [-0.25, -0.2) is 0 Å². The van der Waals surface area contributed by atoms with Crippen molar-refractivity contribution in [3.63, 3.8) is 0 Å². The number of hydrogen-bond acceptors (Lipinski definition) is 6. The van der Waals surface area contributed by atoms with E-state index in [-0.39, 0.29) is 5.90 Å². The first-order chi connectivity index (χ1) is 14.2. The number of benzene rings is 3. The lowest BCUT2D eigenvalue weighted by atomic mass is 10.0. The second-order valence-corrected chi connectivity index (χ2v) is 6.67. The van der Waals surface area contributed by atoms with Crippen LogP contribution in [0.5, 0.6) is 0 Å². The Hall–Kier alpha value is -3.64. The molecule has 3 aromatic rings. The number of para-hydroxylation sites is 2. The Kier molecular flexibility index (Phi) is 5.54. The van der Waals surface area contributed by atoms with E-state index in [0.717, 1.165) is 16.9 Å². The molecular weight excluding hydrogens is 386 g/mol. The molecule has 1 atom stereocenters. The van der Waals surface area contributed by atoms with E-state index >= 15 is 0 Å². The molecule has 0 aromatic heterocycles. The fourth-order valence-electron chi connectivity index (χ4n) is 2.86. The highest BCUT2D eigenvalue weighted by Crippen LogP contribution is 2.32. The largest absolute Gasteiger partial charge is 0.461 e. The maximum atomic E-state index is 8.29. The molecule has 1 aliphatic rings. The predicted octanol–water partition coefficient (Wildman–Crippen LogP) is 5.32. The van der Waals surface area contributed by atoms with Gasteiger partial charge in [-0.3, -0.25) is 16.3 Å². The molecule has 144 valence electrons. The molecule has 3 N–H and O–H groups in total. The van der Waals surface area contributed by atoms with Gasteiger partial charge in [-0.2, -0.15) is 10.2 Å². The lowest BCUT2D eigenvalue weighted by molar-refractivity contribution is 0.275. The molecule has 4 rings (SSSR count). The van der Waals surface area contributed by atoms with E-state index in [1.165, 1.54) is 0 Å². The number of hydrazone groups is 2. The van der Waals surface area contributed by atoms with Gasteiger partial charge in [0.25, 0.3) is 0 Å². The standard InChI is InChI=1S/C22H18ClN5O/c23-18-14-8-7-13-17(18)21-19(27-25-15-9-3-1-4-10-15)20(22(24)29-21)28-26-16-11-5-2-6-12-16/h1-14,21,24-26H/b24-22?,27-19+,28-20-. The van der Waals surface area contributed by atoms with Gasteiger partial charge >= 0.3 is 0 Å². The molecule has 0 aliphatic carbocycles. The van der Waals surface area contributed by atoms with Crippen molar-refractivity contribution in [2.45, 2.75) is 6.10 Å². The Morgan fingerprint density at radius 2 is 1.31 bits per heavy atom. The van der Waals surface area contributed by atoms with E-state index in [4.69, 9.17) is 21.7 Å². The van der Waals surface area contributed by atoms with Gasteiger partial charge in [-0.15, -0.1) is 0 Å². The van der Waals surface area contributed by atoms with Gasteiger partial charge < -0.3 is 4.74 Å². The van der Waals surface area contributed by atoms with Crippen LogP contribution in [0.1, 0.15) is 11.7 Å². The van der Waals surface area contributed by atoms with Gasteiger partial charge in [0, 0.05) is 10.6 Å². The monoisotopic (exact) mass is 403 g/mol. The van der Waals surface area contributed by atoms with Crippen molar-refractivity contribution in [1.29, 1.82) is 5.41 Å². The van der Waals surface area contributed by atoms with E-state index in [1.807, 2.05) is 78.9 Å². The van der Waals surface area contributed by atoms with Gasteiger partial charge in [0.1, 0.15) is 5.71 Å². The summed E-state index contributed by atoms with van der Waals surface area (Å²) >= 11 is 6.37. The molecule has 1 fully saturated rings. The molecule has 0 spiro atoms. The number of rotatable bonds is 5. The summed E-state index contributed by atoms with van der Waals surface area (Å²) in [6.07, 6.45) is -0.635. The summed E-state index contributed by atoms with van der Waals surface area (Å²) < 4.78 is 5.79. The van der Waals surface area contributed by atoms with Gasteiger partial charge in [0.05, 0.1) is 11.4 Å². The Morgan fingerprint density at radius 3 is 1.93 bits per heavy atom. The van der Waals surface area contributed by atoms with Crippen molar-refractivity contribution in [2.24, 2.45) is 10.2 Å². The molecule has 0 radical (unpaired) electrons. The smallest absolute Gasteiger partial charge is 0.237 e. The minimum Gasteiger partial charge on any atom is -0.461 e. The minimum atomic E-state index is -0.635. The lowest BCUT2D eigenvalue weighted by Crippen LogP contribution is -2.19. The van der Waals surface area contributed by atoms with Crippen LogP contribution < -0.4 is 10.9 Å². The minimum absolute atomic E-state index is 0.0769. The molecule has 6 nitrogen and oxygen atoms in total. The van der Waals surface area contributed by atoms with Crippen molar-refractivity contribution in [3.8, 4) is 0 Å². The van der Waals surface area contributed by atoms with E-state index in [2.05, 4.69) is 21.1 Å². The van der Waals surface area contributed by atoms with Crippen LogP contribution in [-0.2, 0) is 4.74 Å². The summed E-state index contributed by atoms with van der Waals surface area (Å²) in [5.74, 6) is -0.0769.